The predicted octanol–water partition coefficient (Wildman–Crippen LogP) is 4.61. The van der Waals surface area contributed by atoms with Crippen LogP contribution in [0.4, 0.5) is 5.69 Å². The molecule has 2 aromatic rings. The molecule has 0 saturated carbocycles. The highest BCUT2D eigenvalue weighted by molar-refractivity contribution is 7.98. The molecule has 2 rings (SSSR count). The molecule has 0 heterocycles. The van der Waals surface area contributed by atoms with E-state index in [9.17, 15) is 10.1 Å². The number of thioether (sulfide) groups is 1. The number of carbonyl (C=O) groups is 1. The third-order valence-corrected chi connectivity index (χ3v) is 3.89. The third-order valence-electron chi connectivity index (χ3n) is 2.89. The zero-order chi connectivity index (χ0) is 15.9. The summed E-state index contributed by atoms with van der Waals surface area (Å²) in [5, 5.41) is 12.4. The second-order valence-corrected chi connectivity index (χ2v) is 5.72. The van der Waals surface area contributed by atoms with Gasteiger partial charge in [-0.3, -0.25) is 4.79 Å². The number of amides is 1. The molecular formula is C17H13ClN2OS. The number of nitrogens with one attached hydrogen (secondary N) is 1. The van der Waals surface area contributed by atoms with Crippen LogP contribution in [0.1, 0.15) is 5.56 Å². The van der Waals surface area contributed by atoms with Gasteiger partial charge < -0.3 is 5.32 Å². The highest BCUT2D eigenvalue weighted by atomic mass is 35.5. The first kappa shape index (κ1) is 16.2. The number of benzene rings is 2. The minimum atomic E-state index is -0.446. The van der Waals surface area contributed by atoms with Gasteiger partial charge in [-0.2, -0.15) is 5.26 Å². The van der Waals surface area contributed by atoms with Gasteiger partial charge >= 0.3 is 0 Å². The Labute approximate surface area is 138 Å². The lowest BCUT2D eigenvalue weighted by atomic mass is 10.1. The number of hydrogen-bond donors (Lipinski definition) is 1. The number of nitriles is 1. The highest BCUT2D eigenvalue weighted by Gasteiger charge is 2.09. The SMILES string of the molecule is CSc1ccc(/C=C(/C#N)C(=O)Nc2ccc(Cl)cc2)cc1. The largest absolute Gasteiger partial charge is 0.321 e. The van der Waals surface area contributed by atoms with E-state index in [2.05, 4.69) is 5.32 Å². The Kier molecular flexibility index (Phi) is 5.65. The number of halogens is 1. The van der Waals surface area contributed by atoms with Gasteiger partial charge in [0, 0.05) is 15.6 Å². The Bertz CT molecular complexity index is 731. The molecule has 0 spiro atoms. The van der Waals surface area contributed by atoms with Crippen LogP contribution in [0.2, 0.25) is 5.02 Å². The van der Waals surface area contributed by atoms with Crippen LogP contribution in [0.5, 0.6) is 0 Å². The molecule has 0 atom stereocenters. The zero-order valence-corrected chi connectivity index (χ0v) is 13.4. The van der Waals surface area contributed by atoms with Crippen molar-refractivity contribution in [2.45, 2.75) is 4.90 Å². The maximum atomic E-state index is 12.1. The molecule has 0 fully saturated rings. The zero-order valence-electron chi connectivity index (χ0n) is 11.8. The second-order valence-electron chi connectivity index (χ2n) is 4.40. The number of anilines is 1. The molecule has 0 aliphatic heterocycles. The van der Waals surface area contributed by atoms with Crippen molar-refractivity contribution in [3.8, 4) is 6.07 Å². The lowest BCUT2D eigenvalue weighted by molar-refractivity contribution is -0.112. The minimum Gasteiger partial charge on any atom is -0.321 e. The maximum Gasteiger partial charge on any atom is 0.266 e. The van der Waals surface area contributed by atoms with Crippen LogP contribution in [0.25, 0.3) is 6.08 Å². The number of rotatable bonds is 4. The van der Waals surface area contributed by atoms with E-state index in [0.717, 1.165) is 10.5 Å². The van der Waals surface area contributed by atoms with Gasteiger partial charge in [-0.05, 0) is 54.3 Å². The summed E-state index contributed by atoms with van der Waals surface area (Å²) < 4.78 is 0. The number of hydrogen-bond acceptors (Lipinski definition) is 3. The number of carbonyl (C=O) groups excluding carboxylic acids is 1. The van der Waals surface area contributed by atoms with E-state index in [1.54, 1.807) is 42.1 Å². The van der Waals surface area contributed by atoms with Crippen LogP contribution in [0, 0.1) is 11.3 Å². The van der Waals surface area contributed by atoms with Gasteiger partial charge in [-0.1, -0.05) is 23.7 Å². The molecule has 22 heavy (non-hydrogen) atoms. The normalized spacial score (nSPS) is 10.9. The van der Waals surface area contributed by atoms with Crippen molar-refractivity contribution >= 4 is 41.0 Å². The van der Waals surface area contributed by atoms with Crippen molar-refractivity contribution in [1.82, 2.24) is 0 Å². The van der Waals surface area contributed by atoms with Gasteiger partial charge in [0.15, 0.2) is 0 Å². The van der Waals surface area contributed by atoms with E-state index >= 15 is 0 Å². The van der Waals surface area contributed by atoms with Gasteiger partial charge in [-0.25, -0.2) is 0 Å². The van der Waals surface area contributed by atoms with Crippen molar-refractivity contribution in [2.24, 2.45) is 0 Å². The molecule has 1 N–H and O–H groups in total. The Morgan fingerprint density at radius 2 is 1.82 bits per heavy atom. The molecule has 5 heteroatoms. The fourth-order valence-electron chi connectivity index (χ4n) is 1.75. The standard InChI is InChI=1S/C17H13ClN2OS/c1-22-16-8-2-12(3-9-16)10-13(11-19)17(21)20-15-6-4-14(18)5-7-15/h2-10H,1H3,(H,20,21)/b13-10-. The Morgan fingerprint density at radius 3 is 2.36 bits per heavy atom. The summed E-state index contributed by atoms with van der Waals surface area (Å²) in [6.07, 6.45) is 3.56. The van der Waals surface area contributed by atoms with Crippen molar-refractivity contribution in [1.29, 1.82) is 5.26 Å². The second kappa shape index (κ2) is 7.69. The first-order chi connectivity index (χ1) is 10.6. The summed E-state index contributed by atoms with van der Waals surface area (Å²) in [7, 11) is 0. The lowest BCUT2D eigenvalue weighted by Crippen LogP contribution is -2.13. The van der Waals surface area contributed by atoms with E-state index in [4.69, 9.17) is 11.6 Å². The van der Waals surface area contributed by atoms with E-state index in [1.807, 2.05) is 36.6 Å². The van der Waals surface area contributed by atoms with Crippen molar-refractivity contribution in [3.05, 3.63) is 64.7 Å². The molecule has 2 aromatic carbocycles. The van der Waals surface area contributed by atoms with Gasteiger partial charge in [0.1, 0.15) is 11.6 Å². The van der Waals surface area contributed by atoms with Crippen LogP contribution in [-0.2, 0) is 4.79 Å². The molecule has 0 aliphatic carbocycles. The van der Waals surface area contributed by atoms with E-state index < -0.39 is 5.91 Å². The Balaban J connectivity index is 2.15. The first-order valence-electron chi connectivity index (χ1n) is 6.45. The molecule has 0 radical (unpaired) electrons. The Hall–Kier alpha value is -2.22. The molecular weight excluding hydrogens is 316 g/mol. The quantitative estimate of drug-likeness (QED) is 0.506. The summed E-state index contributed by atoms with van der Waals surface area (Å²) in [4.78, 5) is 13.2. The van der Waals surface area contributed by atoms with Crippen LogP contribution >= 0.6 is 23.4 Å². The van der Waals surface area contributed by atoms with Gasteiger partial charge in [-0.15, -0.1) is 11.8 Å². The van der Waals surface area contributed by atoms with Gasteiger partial charge in [0.05, 0.1) is 0 Å². The van der Waals surface area contributed by atoms with Crippen LogP contribution in [0.15, 0.2) is 59.0 Å². The van der Waals surface area contributed by atoms with Crippen LogP contribution in [-0.4, -0.2) is 12.2 Å². The molecule has 0 aromatic heterocycles. The average molecular weight is 329 g/mol. The van der Waals surface area contributed by atoms with Gasteiger partial charge in [0.25, 0.3) is 5.91 Å². The first-order valence-corrected chi connectivity index (χ1v) is 8.05. The summed E-state index contributed by atoms with van der Waals surface area (Å²) in [5.41, 5.74) is 1.45. The maximum absolute atomic E-state index is 12.1. The van der Waals surface area contributed by atoms with E-state index in [-0.39, 0.29) is 5.57 Å². The molecule has 110 valence electrons. The highest BCUT2D eigenvalue weighted by Crippen LogP contribution is 2.18. The predicted molar refractivity (Wildman–Crippen MR) is 91.9 cm³/mol. The molecule has 0 bridgehead atoms. The van der Waals surface area contributed by atoms with Crippen LogP contribution < -0.4 is 5.32 Å². The molecule has 0 unspecified atom stereocenters. The van der Waals surface area contributed by atoms with Crippen molar-refractivity contribution < 1.29 is 4.79 Å². The molecule has 0 saturated heterocycles. The van der Waals surface area contributed by atoms with E-state index in [1.165, 1.54) is 0 Å². The third kappa shape index (κ3) is 4.39. The average Bonchev–Trinajstić information content (AvgIpc) is 2.55. The fraction of sp³-hybridized carbons (Fsp3) is 0.0588. The summed E-state index contributed by atoms with van der Waals surface area (Å²) in [6, 6.07) is 16.3. The smallest absolute Gasteiger partial charge is 0.266 e. The minimum absolute atomic E-state index is 0.0480. The molecule has 1 amide bonds. The monoisotopic (exact) mass is 328 g/mol. The summed E-state index contributed by atoms with van der Waals surface area (Å²) in [5.74, 6) is -0.446. The van der Waals surface area contributed by atoms with Crippen molar-refractivity contribution in [2.75, 3.05) is 11.6 Å². The van der Waals surface area contributed by atoms with Crippen molar-refractivity contribution in [3.63, 3.8) is 0 Å². The number of nitrogens with zero attached hydrogens (tertiary/aromatic N) is 1. The van der Waals surface area contributed by atoms with Crippen LogP contribution in [0.3, 0.4) is 0 Å². The molecule has 0 aliphatic rings. The van der Waals surface area contributed by atoms with E-state index in [0.29, 0.717) is 10.7 Å². The fourth-order valence-corrected chi connectivity index (χ4v) is 2.28. The topological polar surface area (TPSA) is 52.9 Å². The summed E-state index contributed by atoms with van der Waals surface area (Å²) in [6.45, 7) is 0. The van der Waals surface area contributed by atoms with Gasteiger partial charge in [0.2, 0.25) is 0 Å². The molecule has 3 nitrogen and oxygen atoms in total. The summed E-state index contributed by atoms with van der Waals surface area (Å²) >= 11 is 7.43. The Morgan fingerprint density at radius 1 is 1.18 bits per heavy atom. The lowest BCUT2D eigenvalue weighted by Gasteiger charge is -2.04.